The summed E-state index contributed by atoms with van der Waals surface area (Å²) in [5.41, 5.74) is 3.10. The molecule has 3 aromatic rings. The number of anilines is 1. The maximum atomic E-state index is 13.3. The minimum atomic E-state index is -0.994. The number of fused-ring (bicyclic) bond motifs is 1. The molecule has 0 radical (unpaired) electrons. The Morgan fingerprint density at radius 3 is 2.21 bits per heavy atom. The molecule has 2 amide bonds. The summed E-state index contributed by atoms with van der Waals surface area (Å²) >= 11 is 0. The summed E-state index contributed by atoms with van der Waals surface area (Å²) in [6, 6.07) is 18.1. The highest BCUT2D eigenvalue weighted by Crippen LogP contribution is 2.25. The fourth-order valence-electron chi connectivity index (χ4n) is 3.91. The van der Waals surface area contributed by atoms with Gasteiger partial charge in [-0.05, 0) is 60.4 Å². The first-order chi connectivity index (χ1) is 16.4. The molecule has 1 aliphatic rings. The monoisotopic (exact) mass is 465 g/mol. The smallest absolute Gasteiger partial charge is 0.238 e. The normalized spacial score (nSPS) is 12.8. The van der Waals surface area contributed by atoms with E-state index in [9.17, 15) is 18.4 Å². The maximum Gasteiger partial charge on any atom is 0.238 e. The van der Waals surface area contributed by atoms with Crippen LogP contribution in [0.3, 0.4) is 0 Å². The highest BCUT2D eigenvalue weighted by atomic mass is 19.2. The molecule has 0 fully saturated rings. The zero-order valence-electron chi connectivity index (χ0n) is 18.7. The van der Waals surface area contributed by atoms with Gasteiger partial charge in [0.15, 0.2) is 11.6 Å². The van der Waals surface area contributed by atoms with E-state index in [-0.39, 0.29) is 36.7 Å². The fourth-order valence-corrected chi connectivity index (χ4v) is 3.91. The third kappa shape index (κ3) is 5.77. The highest BCUT2D eigenvalue weighted by molar-refractivity contribution is 5.92. The van der Waals surface area contributed by atoms with E-state index in [1.165, 1.54) is 17.2 Å². The lowest BCUT2D eigenvalue weighted by Crippen LogP contribution is -2.43. The van der Waals surface area contributed by atoms with Crippen LogP contribution < -0.4 is 15.4 Å². The summed E-state index contributed by atoms with van der Waals surface area (Å²) in [6.07, 6.45) is 1.68. The van der Waals surface area contributed by atoms with Crippen LogP contribution in [-0.4, -0.2) is 42.9 Å². The van der Waals surface area contributed by atoms with Gasteiger partial charge in [0.05, 0.1) is 13.1 Å². The molecule has 0 aliphatic heterocycles. The molecule has 0 atom stereocenters. The van der Waals surface area contributed by atoms with Gasteiger partial charge in [-0.1, -0.05) is 24.3 Å². The predicted octanol–water partition coefficient (Wildman–Crippen LogP) is 3.91. The first-order valence-electron chi connectivity index (χ1n) is 10.9. The number of hydrogen-bond acceptors (Lipinski definition) is 4. The number of amides is 2. The van der Waals surface area contributed by atoms with E-state index in [4.69, 9.17) is 4.74 Å². The number of likely N-dealkylation sites (N-methyl/N-ethyl adjacent to an activating group) is 1. The third-order valence-corrected chi connectivity index (χ3v) is 5.80. The average molecular weight is 466 g/mol. The van der Waals surface area contributed by atoms with Crippen molar-refractivity contribution in [2.75, 3.05) is 25.5 Å². The van der Waals surface area contributed by atoms with Crippen LogP contribution in [0.4, 0.5) is 14.5 Å². The summed E-state index contributed by atoms with van der Waals surface area (Å²) in [4.78, 5) is 26.5. The topological polar surface area (TPSA) is 70.7 Å². The van der Waals surface area contributed by atoms with Gasteiger partial charge in [-0.2, -0.15) is 0 Å². The van der Waals surface area contributed by atoms with Crippen molar-refractivity contribution in [3.05, 3.63) is 89.5 Å². The molecular formula is C26H25F2N3O3. The zero-order valence-corrected chi connectivity index (χ0v) is 18.7. The van der Waals surface area contributed by atoms with Gasteiger partial charge in [0.2, 0.25) is 11.8 Å². The number of carbonyl (C=O) groups is 2. The number of hydrogen-bond donors (Lipinski definition) is 2. The van der Waals surface area contributed by atoms with Gasteiger partial charge < -0.3 is 15.0 Å². The Kier molecular flexibility index (Phi) is 7.18. The van der Waals surface area contributed by atoms with E-state index in [1.807, 2.05) is 12.1 Å². The number of nitrogens with zero attached hydrogens (tertiary/aromatic N) is 1. The van der Waals surface area contributed by atoms with Gasteiger partial charge in [0.1, 0.15) is 11.5 Å². The Morgan fingerprint density at radius 2 is 1.56 bits per heavy atom. The van der Waals surface area contributed by atoms with Crippen molar-refractivity contribution in [3.63, 3.8) is 0 Å². The van der Waals surface area contributed by atoms with Crippen LogP contribution in [0.5, 0.6) is 11.5 Å². The first-order valence-corrected chi connectivity index (χ1v) is 10.9. The summed E-state index contributed by atoms with van der Waals surface area (Å²) in [5.74, 6) is -1.73. The molecule has 0 heterocycles. The lowest BCUT2D eigenvalue weighted by atomic mass is 10.1. The molecular weight excluding hydrogens is 440 g/mol. The number of carbonyl (C=O) groups excluding carboxylic acids is 2. The maximum absolute atomic E-state index is 13.3. The molecule has 6 nitrogen and oxygen atoms in total. The van der Waals surface area contributed by atoms with Gasteiger partial charge in [0, 0.05) is 24.8 Å². The molecule has 8 heteroatoms. The van der Waals surface area contributed by atoms with Crippen LogP contribution in [-0.2, 0) is 22.4 Å². The molecule has 0 spiro atoms. The van der Waals surface area contributed by atoms with Gasteiger partial charge in [-0.3, -0.25) is 14.9 Å². The molecule has 0 saturated carbocycles. The molecule has 176 valence electrons. The number of benzene rings is 3. The lowest BCUT2D eigenvalue weighted by Gasteiger charge is -2.24. The van der Waals surface area contributed by atoms with Crippen molar-refractivity contribution in [1.82, 2.24) is 10.2 Å². The van der Waals surface area contributed by atoms with Gasteiger partial charge in [0.25, 0.3) is 0 Å². The van der Waals surface area contributed by atoms with E-state index in [0.717, 1.165) is 25.0 Å². The van der Waals surface area contributed by atoms with E-state index < -0.39 is 11.6 Å². The number of nitrogens with one attached hydrogen (secondary N) is 2. The molecule has 0 aromatic heterocycles. The summed E-state index contributed by atoms with van der Waals surface area (Å²) in [5, 5.41) is 5.62. The van der Waals surface area contributed by atoms with Gasteiger partial charge in [-0.25, -0.2) is 8.78 Å². The predicted molar refractivity (Wildman–Crippen MR) is 125 cm³/mol. The third-order valence-electron chi connectivity index (χ3n) is 5.80. The minimum absolute atomic E-state index is 0.0163. The molecule has 0 bridgehead atoms. The van der Waals surface area contributed by atoms with Crippen LogP contribution in [0, 0.1) is 11.6 Å². The Balaban J connectivity index is 1.19. The van der Waals surface area contributed by atoms with Crippen molar-refractivity contribution < 1.29 is 23.1 Å². The second kappa shape index (κ2) is 10.4. The van der Waals surface area contributed by atoms with Crippen molar-refractivity contribution in [2.45, 2.75) is 18.9 Å². The minimum Gasteiger partial charge on any atom is -0.457 e. The molecule has 34 heavy (non-hydrogen) atoms. The summed E-state index contributed by atoms with van der Waals surface area (Å²) < 4.78 is 31.8. The molecule has 0 unspecified atom stereocenters. The largest absolute Gasteiger partial charge is 0.457 e. The number of ether oxygens (including phenoxy) is 1. The summed E-state index contributed by atoms with van der Waals surface area (Å²) in [7, 11) is 1.80. The first kappa shape index (κ1) is 23.4. The highest BCUT2D eigenvalue weighted by Gasteiger charge is 2.26. The van der Waals surface area contributed by atoms with Gasteiger partial charge >= 0.3 is 0 Å². The Morgan fingerprint density at radius 1 is 0.912 bits per heavy atom. The molecule has 2 N–H and O–H groups in total. The van der Waals surface area contributed by atoms with E-state index >= 15 is 0 Å². The lowest BCUT2D eigenvalue weighted by molar-refractivity contribution is -0.130. The van der Waals surface area contributed by atoms with Crippen LogP contribution in [0.2, 0.25) is 0 Å². The molecule has 0 saturated heterocycles. The summed E-state index contributed by atoms with van der Waals surface area (Å²) in [6.45, 7) is 0.0509. The number of rotatable bonds is 8. The number of halogens is 2. The van der Waals surface area contributed by atoms with Crippen LogP contribution in [0.1, 0.15) is 11.1 Å². The second-order valence-electron chi connectivity index (χ2n) is 8.19. The molecule has 3 aromatic carbocycles. The van der Waals surface area contributed by atoms with Crippen LogP contribution in [0.25, 0.3) is 0 Å². The SMILES string of the molecule is CN(C(=O)CNCC(=O)Nc1ccc(Oc2ccc(F)c(F)c2)cc1)C1Cc2ccccc2C1. The second-order valence-corrected chi connectivity index (χ2v) is 8.19. The van der Waals surface area contributed by atoms with E-state index in [2.05, 4.69) is 22.8 Å². The van der Waals surface area contributed by atoms with Crippen molar-refractivity contribution in [2.24, 2.45) is 0 Å². The average Bonchev–Trinajstić information content (AvgIpc) is 3.26. The van der Waals surface area contributed by atoms with E-state index in [1.54, 1.807) is 36.2 Å². The van der Waals surface area contributed by atoms with E-state index in [0.29, 0.717) is 11.4 Å². The standard InChI is InChI=1S/C26H25F2N3O3/c1-31(20-12-17-4-2-3-5-18(17)13-20)26(33)16-29-15-25(32)30-19-6-8-21(9-7-19)34-22-10-11-23(27)24(28)14-22/h2-11,14,20,29H,12-13,15-16H2,1H3,(H,30,32). The van der Waals surface area contributed by atoms with Crippen molar-refractivity contribution in [3.8, 4) is 11.5 Å². The molecule has 4 rings (SSSR count). The fraction of sp³-hybridized carbons (Fsp3) is 0.231. The molecule has 1 aliphatic carbocycles. The Hall–Kier alpha value is -3.78. The quantitative estimate of drug-likeness (QED) is 0.529. The van der Waals surface area contributed by atoms with Crippen LogP contribution in [0.15, 0.2) is 66.7 Å². The van der Waals surface area contributed by atoms with Crippen molar-refractivity contribution >= 4 is 17.5 Å². The Bertz CT molecular complexity index is 1160. The van der Waals surface area contributed by atoms with Gasteiger partial charge in [-0.15, -0.1) is 0 Å². The van der Waals surface area contributed by atoms with Crippen LogP contribution >= 0.6 is 0 Å². The Labute approximate surface area is 196 Å². The zero-order chi connectivity index (χ0) is 24.1. The van der Waals surface area contributed by atoms with Crippen molar-refractivity contribution in [1.29, 1.82) is 0 Å².